The summed E-state index contributed by atoms with van der Waals surface area (Å²) in [4.78, 5) is 7.35. The molecule has 1 aromatic heterocycles. The van der Waals surface area contributed by atoms with Gasteiger partial charge in [-0.05, 0) is 6.07 Å². The highest BCUT2D eigenvalue weighted by Crippen LogP contribution is 1.66. The molecule has 1 aromatic rings. The molecule has 0 atom stereocenters. The smallest absolute Gasteiger partial charge is 0.115 e. The van der Waals surface area contributed by atoms with E-state index >= 15 is 0 Å². The fourth-order valence-corrected chi connectivity index (χ4v) is 0.253. The van der Waals surface area contributed by atoms with Crippen molar-refractivity contribution in [1.82, 2.24) is 9.97 Å². The quantitative estimate of drug-likeness (QED) is 0.373. The van der Waals surface area contributed by atoms with E-state index in [4.69, 9.17) is 0 Å². The van der Waals surface area contributed by atoms with Gasteiger partial charge in [0.2, 0.25) is 0 Å². The summed E-state index contributed by atoms with van der Waals surface area (Å²) >= 11 is 0. The molecule has 0 aliphatic carbocycles. The van der Waals surface area contributed by atoms with E-state index in [0.29, 0.717) is 0 Å². The summed E-state index contributed by atoms with van der Waals surface area (Å²) in [5, 5.41) is 0. The molecule has 0 saturated carbocycles. The Labute approximate surface area is 48.0 Å². The number of nitrogens with zero attached hydrogens (tertiary/aromatic N) is 2. The number of hydrogen-bond donors (Lipinski definition) is 0. The molecule has 0 aliphatic rings. The number of aromatic nitrogens is 2. The fourth-order valence-electron chi connectivity index (χ4n) is 0.253. The van der Waals surface area contributed by atoms with E-state index in [0.717, 1.165) is 0 Å². The average Bonchev–Trinajstić information content (AvgIpc) is 1.72. The molecule has 0 aromatic carbocycles. The predicted molar refractivity (Wildman–Crippen MR) is 22.0 cm³/mol. The van der Waals surface area contributed by atoms with Gasteiger partial charge >= 0.3 is 0 Å². The molecule has 0 amide bonds. The summed E-state index contributed by atoms with van der Waals surface area (Å²) < 4.78 is 0. The summed E-state index contributed by atoms with van der Waals surface area (Å²) in [6.07, 6.45) is 4.88. The van der Waals surface area contributed by atoms with Crippen LogP contribution in [0.1, 0.15) is 0 Å². The number of hydrogen-bond acceptors (Lipinski definition) is 2. The minimum atomic E-state index is 0. The van der Waals surface area contributed by atoms with Gasteiger partial charge in [0.25, 0.3) is 0 Å². The maximum atomic E-state index is 3.67. The van der Waals surface area contributed by atoms with Crippen LogP contribution in [0.15, 0.2) is 24.8 Å². The van der Waals surface area contributed by atoms with Crippen molar-refractivity contribution in [3.05, 3.63) is 24.8 Å². The molecule has 7 heavy (non-hydrogen) atoms. The third-order valence-corrected chi connectivity index (χ3v) is 0.478. The lowest BCUT2D eigenvalue weighted by Gasteiger charge is -1.70. The molecule has 0 unspecified atom stereocenters. The number of rotatable bonds is 0. The van der Waals surface area contributed by atoms with E-state index in [9.17, 15) is 0 Å². The van der Waals surface area contributed by atoms with E-state index in [1.54, 1.807) is 18.5 Å². The van der Waals surface area contributed by atoms with E-state index in [2.05, 4.69) is 9.97 Å². The molecule has 3 heteroatoms. The first-order valence-corrected chi connectivity index (χ1v) is 1.70. The molecule has 1 heterocycles. The normalized spacial score (nSPS) is 6.86. The average molecular weight is 116 g/mol. The molecule has 0 fully saturated rings. The van der Waals surface area contributed by atoms with Gasteiger partial charge in [0.05, 0.1) is 0 Å². The van der Waals surface area contributed by atoms with Gasteiger partial charge in [-0.1, -0.05) is 0 Å². The van der Waals surface area contributed by atoms with Gasteiger partial charge in [0.1, 0.15) is 6.33 Å². The highest BCUT2D eigenvalue weighted by Gasteiger charge is 1.59. The topological polar surface area (TPSA) is 25.8 Å². The van der Waals surface area contributed by atoms with Gasteiger partial charge in [0, 0.05) is 12.4 Å². The lowest BCUT2D eigenvalue weighted by atomic mass is 10.7. The Morgan fingerprint density at radius 2 is 1.57 bits per heavy atom. The minimum absolute atomic E-state index is 0. The standard InChI is InChI=1S/C4H4N2.ClH/c1-2-5-4-6-3-1;/h1-4H;1H/p-1. The fraction of sp³-hybridized carbons (Fsp3) is 0. The predicted octanol–water partition coefficient (Wildman–Crippen LogP) is -2.52. The van der Waals surface area contributed by atoms with Crippen molar-refractivity contribution in [1.29, 1.82) is 0 Å². The van der Waals surface area contributed by atoms with E-state index < -0.39 is 0 Å². The second kappa shape index (κ2) is 3.56. The summed E-state index contributed by atoms with van der Waals surface area (Å²) in [7, 11) is 0. The second-order valence-corrected chi connectivity index (χ2v) is 0.904. The first kappa shape index (κ1) is 6.37. The van der Waals surface area contributed by atoms with Crippen molar-refractivity contribution in [3.8, 4) is 0 Å². The van der Waals surface area contributed by atoms with Gasteiger partial charge in [-0.15, -0.1) is 0 Å². The van der Waals surface area contributed by atoms with Gasteiger partial charge in [0.15, 0.2) is 0 Å². The molecular weight excluding hydrogens is 112 g/mol. The van der Waals surface area contributed by atoms with Gasteiger partial charge in [-0.25, -0.2) is 9.97 Å². The van der Waals surface area contributed by atoms with Crippen LogP contribution in [-0.4, -0.2) is 9.97 Å². The van der Waals surface area contributed by atoms with E-state index in [-0.39, 0.29) is 12.4 Å². The van der Waals surface area contributed by atoms with Crippen LogP contribution in [0.4, 0.5) is 0 Å². The lowest BCUT2D eigenvalue weighted by molar-refractivity contribution is -0.00000136. The maximum absolute atomic E-state index is 3.67. The largest absolute Gasteiger partial charge is 1.00 e. The highest BCUT2D eigenvalue weighted by atomic mass is 35.5. The Hall–Kier alpha value is -0.630. The molecule has 0 bridgehead atoms. The van der Waals surface area contributed by atoms with Crippen LogP contribution in [0.2, 0.25) is 0 Å². The Bertz CT molecular complexity index is 81.6. The SMILES string of the molecule is [Cl-].c1cncnc1. The van der Waals surface area contributed by atoms with Crippen molar-refractivity contribution < 1.29 is 12.4 Å². The molecular formula is C4H4ClN2-. The van der Waals surface area contributed by atoms with Crippen LogP contribution in [0.25, 0.3) is 0 Å². The number of halogens is 1. The molecule has 0 saturated heterocycles. The van der Waals surface area contributed by atoms with Gasteiger partial charge in [-0.2, -0.15) is 0 Å². The molecule has 38 valence electrons. The molecule has 0 radical (unpaired) electrons. The van der Waals surface area contributed by atoms with Crippen molar-refractivity contribution >= 4 is 0 Å². The Balaban J connectivity index is 0.000000360. The molecule has 2 nitrogen and oxygen atoms in total. The third kappa shape index (κ3) is 2.11. The Kier molecular flexibility index (Phi) is 3.24. The van der Waals surface area contributed by atoms with Crippen LogP contribution in [-0.2, 0) is 0 Å². The van der Waals surface area contributed by atoms with Crippen LogP contribution in [0, 0.1) is 0 Å². The first-order valence-electron chi connectivity index (χ1n) is 1.70. The highest BCUT2D eigenvalue weighted by molar-refractivity contribution is 4.74. The monoisotopic (exact) mass is 115 g/mol. The Morgan fingerprint density at radius 3 is 1.71 bits per heavy atom. The molecule has 0 aliphatic heterocycles. The zero-order valence-electron chi connectivity index (χ0n) is 3.58. The van der Waals surface area contributed by atoms with Gasteiger partial charge < -0.3 is 12.4 Å². The van der Waals surface area contributed by atoms with Crippen molar-refractivity contribution in [3.63, 3.8) is 0 Å². The summed E-state index contributed by atoms with van der Waals surface area (Å²) in [6, 6.07) is 1.78. The summed E-state index contributed by atoms with van der Waals surface area (Å²) in [5.41, 5.74) is 0. The zero-order chi connectivity index (χ0) is 4.24. The minimum Gasteiger partial charge on any atom is -1.00 e. The molecule has 0 spiro atoms. The molecule has 1 rings (SSSR count). The van der Waals surface area contributed by atoms with Crippen LogP contribution in [0.5, 0.6) is 0 Å². The summed E-state index contributed by atoms with van der Waals surface area (Å²) in [6.45, 7) is 0. The lowest BCUT2D eigenvalue weighted by Crippen LogP contribution is -3.00. The summed E-state index contributed by atoms with van der Waals surface area (Å²) in [5.74, 6) is 0. The van der Waals surface area contributed by atoms with E-state index in [1.165, 1.54) is 6.33 Å². The maximum Gasteiger partial charge on any atom is 0.115 e. The van der Waals surface area contributed by atoms with Crippen LogP contribution < -0.4 is 12.4 Å². The third-order valence-electron chi connectivity index (χ3n) is 0.478. The van der Waals surface area contributed by atoms with Crippen molar-refractivity contribution in [2.45, 2.75) is 0 Å². The van der Waals surface area contributed by atoms with Crippen LogP contribution in [0.3, 0.4) is 0 Å². The van der Waals surface area contributed by atoms with Crippen molar-refractivity contribution in [2.24, 2.45) is 0 Å². The Morgan fingerprint density at radius 1 is 1.00 bits per heavy atom. The van der Waals surface area contributed by atoms with Crippen molar-refractivity contribution in [2.75, 3.05) is 0 Å². The van der Waals surface area contributed by atoms with Crippen LogP contribution >= 0.6 is 0 Å². The zero-order valence-corrected chi connectivity index (χ0v) is 4.34. The molecule has 0 N–H and O–H groups in total. The second-order valence-electron chi connectivity index (χ2n) is 0.904. The van der Waals surface area contributed by atoms with E-state index in [1.807, 2.05) is 0 Å². The van der Waals surface area contributed by atoms with Gasteiger partial charge in [-0.3, -0.25) is 0 Å². The first-order chi connectivity index (χ1) is 3.00.